The summed E-state index contributed by atoms with van der Waals surface area (Å²) in [6.45, 7) is 0. The van der Waals surface area contributed by atoms with Crippen molar-refractivity contribution in [3.63, 3.8) is 0 Å². The first-order valence-electron chi connectivity index (χ1n) is 7.59. The molecule has 0 aliphatic carbocycles. The minimum atomic E-state index is -0.505. The largest absolute Gasteiger partial charge is 0.457 e. The molecule has 0 unspecified atom stereocenters. The highest BCUT2D eigenvalue weighted by Gasteiger charge is 2.11. The molecule has 128 valence electrons. The fourth-order valence-corrected chi connectivity index (χ4v) is 2.78. The topological polar surface area (TPSA) is 66.0 Å². The first-order valence-corrected chi connectivity index (χ1v) is 8.77. The van der Waals surface area contributed by atoms with Gasteiger partial charge in [0.1, 0.15) is 23.2 Å². The van der Waals surface area contributed by atoms with Crippen LogP contribution < -0.4 is 5.32 Å². The lowest BCUT2D eigenvalue weighted by molar-refractivity contribution is -0.112. The zero-order valence-electron chi connectivity index (χ0n) is 13.4. The zero-order valence-corrected chi connectivity index (χ0v) is 15.7. The average Bonchev–Trinajstić information content (AvgIpc) is 3.09. The molecular weight excluding hydrogens is 416 g/mol. The van der Waals surface area contributed by atoms with E-state index in [4.69, 9.17) is 16.0 Å². The summed E-state index contributed by atoms with van der Waals surface area (Å²) in [6, 6.07) is 19.7. The van der Waals surface area contributed by atoms with Gasteiger partial charge in [-0.2, -0.15) is 5.26 Å². The van der Waals surface area contributed by atoms with Crippen LogP contribution in [0.2, 0.25) is 5.02 Å². The first-order chi connectivity index (χ1) is 12.5. The predicted molar refractivity (Wildman–Crippen MR) is 106 cm³/mol. The molecule has 2 aromatic carbocycles. The molecule has 1 amide bonds. The third-order valence-corrected chi connectivity index (χ3v) is 4.23. The Morgan fingerprint density at radius 1 is 1.15 bits per heavy atom. The number of carbonyl (C=O) groups excluding carboxylic acids is 1. The molecule has 0 fully saturated rings. The smallest absolute Gasteiger partial charge is 0.266 e. The molecule has 0 aliphatic heterocycles. The predicted octanol–water partition coefficient (Wildman–Crippen LogP) is 5.91. The number of nitriles is 1. The fourth-order valence-electron chi connectivity index (χ4n) is 2.26. The summed E-state index contributed by atoms with van der Waals surface area (Å²) in [5.74, 6) is 0.531. The van der Waals surface area contributed by atoms with Gasteiger partial charge in [0.25, 0.3) is 5.91 Å². The number of hydrogen-bond acceptors (Lipinski definition) is 3. The van der Waals surface area contributed by atoms with E-state index in [9.17, 15) is 10.1 Å². The van der Waals surface area contributed by atoms with Gasteiger partial charge in [0.2, 0.25) is 0 Å². The summed E-state index contributed by atoms with van der Waals surface area (Å²) in [6.07, 6.45) is 1.41. The highest BCUT2D eigenvalue weighted by atomic mass is 79.9. The van der Waals surface area contributed by atoms with E-state index >= 15 is 0 Å². The SMILES string of the molecule is N#C/C(=C/c1ccc(-c2ccc(Cl)cc2)o1)C(=O)Nc1cccc(Br)c1. The quantitative estimate of drug-likeness (QED) is 0.416. The normalized spacial score (nSPS) is 11.0. The van der Waals surface area contributed by atoms with E-state index in [-0.39, 0.29) is 5.57 Å². The van der Waals surface area contributed by atoms with Crippen molar-refractivity contribution >= 4 is 45.2 Å². The Balaban J connectivity index is 1.80. The Kier molecular flexibility index (Phi) is 5.57. The molecule has 3 rings (SSSR count). The summed E-state index contributed by atoms with van der Waals surface area (Å²) in [4.78, 5) is 12.3. The number of anilines is 1. The van der Waals surface area contributed by atoms with Crippen LogP contribution in [0.25, 0.3) is 17.4 Å². The molecule has 4 nitrogen and oxygen atoms in total. The van der Waals surface area contributed by atoms with Gasteiger partial charge in [0.05, 0.1) is 0 Å². The molecule has 0 bridgehead atoms. The second-order valence-electron chi connectivity index (χ2n) is 5.34. The molecule has 0 radical (unpaired) electrons. The van der Waals surface area contributed by atoms with E-state index in [1.54, 1.807) is 42.5 Å². The standard InChI is InChI=1S/C20H12BrClN2O2/c21-15-2-1-3-17(11-15)24-20(25)14(12-23)10-18-8-9-19(26-18)13-4-6-16(22)7-5-13/h1-11H,(H,24,25)/b14-10-. The molecule has 0 atom stereocenters. The van der Waals surface area contributed by atoms with Crippen LogP contribution in [-0.4, -0.2) is 5.91 Å². The highest BCUT2D eigenvalue weighted by molar-refractivity contribution is 9.10. The Morgan fingerprint density at radius 2 is 1.92 bits per heavy atom. The highest BCUT2D eigenvalue weighted by Crippen LogP contribution is 2.25. The van der Waals surface area contributed by atoms with Gasteiger partial charge in [0, 0.05) is 26.8 Å². The number of hydrogen-bond donors (Lipinski definition) is 1. The number of carbonyl (C=O) groups is 1. The van der Waals surface area contributed by atoms with Crippen LogP contribution in [0.4, 0.5) is 5.69 Å². The molecule has 1 aromatic heterocycles. The fraction of sp³-hybridized carbons (Fsp3) is 0. The van der Waals surface area contributed by atoms with Crippen LogP contribution in [-0.2, 0) is 4.79 Å². The van der Waals surface area contributed by atoms with Gasteiger partial charge in [0.15, 0.2) is 0 Å². The molecule has 26 heavy (non-hydrogen) atoms. The lowest BCUT2D eigenvalue weighted by Crippen LogP contribution is -2.13. The van der Waals surface area contributed by atoms with Crippen LogP contribution in [0.1, 0.15) is 5.76 Å². The molecule has 1 N–H and O–H groups in total. The zero-order chi connectivity index (χ0) is 18.5. The molecule has 1 heterocycles. The van der Waals surface area contributed by atoms with Gasteiger partial charge in [-0.15, -0.1) is 0 Å². The van der Waals surface area contributed by atoms with Crippen molar-refractivity contribution in [2.24, 2.45) is 0 Å². The third kappa shape index (κ3) is 4.42. The van der Waals surface area contributed by atoms with Gasteiger partial charge < -0.3 is 9.73 Å². The average molecular weight is 428 g/mol. The van der Waals surface area contributed by atoms with Crippen LogP contribution in [0.3, 0.4) is 0 Å². The number of furan rings is 1. The number of halogens is 2. The van der Waals surface area contributed by atoms with Crippen molar-refractivity contribution in [1.82, 2.24) is 0 Å². The first kappa shape index (κ1) is 18.0. The monoisotopic (exact) mass is 426 g/mol. The lowest BCUT2D eigenvalue weighted by atomic mass is 10.2. The van der Waals surface area contributed by atoms with Crippen molar-refractivity contribution in [3.05, 3.63) is 81.5 Å². The second kappa shape index (κ2) is 8.05. The number of amides is 1. The van der Waals surface area contributed by atoms with E-state index in [0.717, 1.165) is 10.0 Å². The van der Waals surface area contributed by atoms with Crippen molar-refractivity contribution in [2.45, 2.75) is 0 Å². The molecule has 0 saturated heterocycles. The van der Waals surface area contributed by atoms with Crippen molar-refractivity contribution in [3.8, 4) is 17.4 Å². The molecule has 0 spiro atoms. The summed E-state index contributed by atoms with van der Waals surface area (Å²) < 4.78 is 6.53. The van der Waals surface area contributed by atoms with Crippen LogP contribution in [0, 0.1) is 11.3 Å². The maximum Gasteiger partial charge on any atom is 0.266 e. The molecular formula is C20H12BrClN2O2. The van der Waals surface area contributed by atoms with Crippen LogP contribution in [0.15, 0.2) is 75.1 Å². The Labute approximate surface area is 163 Å². The van der Waals surface area contributed by atoms with Crippen molar-refractivity contribution in [2.75, 3.05) is 5.32 Å². The van der Waals surface area contributed by atoms with Crippen LogP contribution in [0.5, 0.6) is 0 Å². The summed E-state index contributed by atoms with van der Waals surface area (Å²) in [5.41, 5.74) is 1.39. The van der Waals surface area contributed by atoms with E-state index in [1.165, 1.54) is 6.08 Å². The lowest BCUT2D eigenvalue weighted by Gasteiger charge is -2.04. The minimum Gasteiger partial charge on any atom is -0.457 e. The Morgan fingerprint density at radius 3 is 2.62 bits per heavy atom. The number of nitrogens with one attached hydrogen (secondary N) is 1. The minimum absolute atomic E-state index is 0.0537. The number of benzene rings is 2. The van der Waals surface area contributed by atoms with Crippen LogP contribution >= 0.6 is 27.5 Å². The maximum absolute atomic E-state index is 12.3. The Bertz CT molecular complexity index is 1020. The van der Waals surface area contributed by atoms with E-state index in [1.807, 2.05) is 24.3 Å². The van der Waals surface area contributed by atoms with Gasteiger partial charge >= 0.3 is 0 Å². The van der Waals surface area contributed by atoms with Gasteiger partial charge in [-0.05, 0) is 54.6 Å². The number of rotatable bonds is 4. The summed E-state index contributed by atoms with van der Waals surface area (Å²) >= 11 is 9.21. The molecule has 3 aromatic rings. The van der Waals surface area contributed by atoms with E-state index in [2.05, 4.69) is 21.2 Å². The van der Waals surface area contributed by atoms with E-state index in [0.29, 0.717) is 22.2 Å². The number of nitrogens with zero attached hydrogens (tertiary/aromatic N) is 1. The molecule has 0 aliphatic rings. The summed E-state index contributed by atoms with van der Waals surface area (Å²) in [7, 11) is 0. The second-order valence-corrected chi connectivity index (χ2v) is 6.70. The molecule has 0 saturated carbocycles. The van der Waals surface area contributed by atoms with Gasteiger partial charge in [-0.1, -0.05) is 33.6 Å². The summed E-state index contributed by atoms with van der Waals surface area (Å²) in [5, 5.41) is 12.6. The Hall–Kier alpha value is -2.81. The van der Waals surface area contributed by atoms with E-state index < -0.39 is 5.91 Å². The van der Waals surface area contributed by atoms with Gasteiger partial charge in [-0.3, -0.25) is 4.79 Å². The van der Waals surface area contributed by atoms with Crippen molar-refractivity contribution < 1.29 is 9.21 Å². The van der Waals surface area contributed by atoms with Crippen molar-refractivity contribution in [1.29, 1.82) is 5.26 Å². The molecule has 6 heteroatoms. The van der Waals surface area contributed by atoms with Gasteiger partial charge in [-0.25, -0.2) is 0 Å². The maximum atomic E-state index is 12.3. The third-order valence-electron chi connectivity index (χ3n) is 3.49.